The second-order valence-electron chi connectivity index (χ2n) is 5.83. The van der Waals surface area contributed by atoms with E-state index in [9.17, 15) is 4.79 Å². The van der Waals surface area contributed by atoms with E-state index in [-0.39, 0.29) is 5.91 Å². The number of carbonyl (C=O) groups excluding carboxylic acids is 1. The molecule has 0 spiro atoms. The highest BCUT2D eigenvalue weighted by Crippen LogP contribution is 2.29. The standard InChI is InChI=1S/C17H27N3O/c1-3-13-6-5-10-20(11-9-13)16-8-7-14(12-15(16)18)17(21)19-4-2/h7-8,12-13H,3-6,9-11,18H2,1-2H3,(H,19,21). The van der Waals surface area contributed by atoms with Crippen molar-refractivity contribution in [2.24, 2.45) is 5.92 Å². The molecule has 1 aliphatic rings. The Labute approximate surface area is 127 Å². The van der Waals surface area contributed by atoms with Crippen molar-refractivity contribution in [1.29, 1.82) is 0 Å². The van der Waals surface area contributed by atoms with Gasteiger partial charge in [0.05, 0.1) is 11.4 Å². The van der Waals surface area contributed by atoms with Crippen LogP contribution in [-0.2, 0) is 0 Å². The summed E-state index contributed by atoms with van der Waals surface area (Å²) in [7, 11) is 0. The summed E-state index contributed by atoms with van der Waals surface area (Å²) in [4.78, 5) is 14.2. The molecule has 0 aromatic heterocycles. The molecule has 0 radical (unpaired) electrons. The predicted molar refractivity (Wildman–Crippen MR) is 88.7 cm³/mol. The highest BCUT2D eigenvalue weighted by molar-refractivity contribution is 5.96. The van der Waals surface area contributed by atoms with Gasteiger partial charge >= 0.3 is 0 Å². The van der Waals surface area contributed by atoms with Crippen molar-refractivity contribution >= 4 is 17.3 Å². The van der Waals surface area contributed by atoms with Crippen molar-refractivity contribution < 1.29 is 4.79 Å². The molecule has 0 bridgehead atoms. The smallest absolute Gasteiger partial charge is 0.251 e. The van der Waals surface area contributed by atoms with Gasteiger partial charge in [-0.15, -0.1) is 0 Å². The van der Waals surface area contributed by atoms with Gasteiger partial charge in [-0.05, 0) is 50.3 Å². The molecule has 1 unspecified atom stereocenters. The summed E-state index contributed by atoms with van der Waals surface area (Å²) in [6.07, 6.45) is 5.02. The number of anilines is 2. The minimum Gasteiger partial charge on any atom is -0.397 e. The number of nitrogens with zero attached hydrogens (tertiary/aromatic N) is 1. The Bertz CT molecular complexity index is 487. The number of nitrogens with two attached hydrogens (primary N) is 1. The molecule has 4 heteroatoms. The van der Waals surface area contributed by atoms with E-state index >= 15 is 0 Å². The maximum Gasteiger partial charge on any atom is 0.251 e. The molecule has 21 heavy (non-hydrogen) atoms. The number of rotatable bonds is 4. The number of hydrogen-bond donors (Lipinski definition) is 2. The van der Waals surface area contributed by atoms with E-state index in [2.05, 4.69) is 17.1 Å². The van der Waals surface area contributed by atoms with Gasteiger partial charge in [-0.3, -0.25) is 4.79 Å². The van der Waals surface area contributed by atoms with Crippen LogP contribution in [0.4, 0.5) is 11.4 Å². The van der Waals surface area contributed by atoms with Crippen LogP contribution >= 0.6 is 0 Å². The van der Waals surface area contributed by atoms with Crippen LogP contribution in [0.15, 0.2) is 18.2 Å². The van der Waals surface area contributed by atoms with Gasteiger partial charge in [0.25, 0.3) is 5.91 Å². The zero-order valence-corrected chi connectivity index (χ0v) is 13.2. The second kappa shape index (κ2) is 7.34. The number of carbonyl (C=O) groups is 1. The van der Waals surface area contributed by atoms with Crippen LogP contribution in [0.1, 0.15) is 49.9 Å². The summed E-state index contributed by atoms with van der Waals surface area (Å²) in [6, 6.07) is 5.66. The van der Waals surface area contributed by atoms with Crippen molar-refractivity contribution in [3.8, 4) is 0 Å². The number of amides is 1. The Morgan fingerprint density at radius 1 is 1.33 bits per heavy atom. The molecule has 116 valence electrons. The van der Waals surface area contributed by atoms with E-state index in [0.717, 1.165) is 24.7 Å². The minimum absolute atomic E-state index is 0.0577. The minimum atomic E-state index is -0.0577. The van der Waals surface area contributed by atoms with Crippen molar-refractivity contribution in [2.75, 3.05) is 30.3 Å². The van der Waals surface area contributed by atoms with Gasteiger partial charge in [0.2, 0.25) is 0 Å². The maximum absolute atomic E-state index is 11.8. The number of benzene rings is 1. The first-order valence-electron chi connectivity index (χ1n) is 8.08. The topological polar surface area (TPSA) is 58.4 Å². The quantitative estimate of drug-likeness (QED) is 0.838. The van der Waals surface area contributed by atoms with Gasteiger partial charge in [0.1, 0.15) is 0 Å². The van der Waals surface area contributed by atoms with Crippen molar-refractivity contribution in [1.82, 2.24) is 5.32 Å². The first kappa shape index (κ1) is 15.7. The molecule has 1 aromatic rings. The van der Waals surface area contributed by atoms with Crippen LogP contribution < -0.4 is 16.0 Å². The molecule has 1 aromatic carbocycles. The Kier molecular flexibility index (Phi) is 5.48. The molecule has 1 aliphatic heterocycles. The fraction of sp³-hybridized carbons (Fsp3) is 0.588. The zero-order valence-electron chi connectivity index (χ0n) is 13.2. The number of hydrogen-bond acceptors (Lipinski definition) is 3. The summed E-state index contributed by atoms with van der Waals surface area (Å²) >= 11 is 0. The van der Waals surface area contributed by atoms with Gasteiger partial charge in [0.15, 0.2) is 0 Å². The third-order valence-electron chi connectivity index (χ3n) is 4.39. The van der Waals surface area contributed by atoms with E-state index in [4.69, 9.17) is 5.73 Å². The molecule has 0 aliphatic carbocycles. The highest BCUT2D eigenvalue weighted by Gasteiger charge is 2.18. The number of nitrogen functional groups attached to an aromatic ring is 1. The maximum atomic E-state index is 11.8. The summed E-state index contributed by atoms with van der Waals surface area (Å²) in [5, 5.41) is 2.80. The molecule has 0 saturated carbocycles. The molecule has 3 N–H and O–H groups in total. The predicted octanol–water partition coefficient (Wildman–Crippen LogP) is 3.04. The lowest BCUT2D eigenvalue weighted by Gasteiger charge is -2.24. The zero-order chi connectivity index (χ0) is 15.2. The third kappa shape index (κ3) is 3.90. The van der Waals surface area contributed by atoms with Gasteiger partial charge < -0.3 is 16.0 Å². The van der Waals surface area contributed by atoms with Crippen molar-refractivity contribution in [3.05, 3.63) is 23.8 Å². The van der Waals surface area contributed by atoms with E-state index in [1.165, 1.54) is 25.7 Å². The van der Waals surface area contributed by atoms with E-state index in [0.29, 0.717) is 17.8 Å². The Morgan fingerprint density at radius 2 is 2.14 bits per heavy atom. The molecule has 4 nitrogen and oxygen atoms in total. The van der Waals surface area contributed by atoms with E-state index < -0.39 is 0 Å². The molecule has 1 atom stereocenters. The molecular weight excluding hydrogens is 262 g/mol. The average molecular weight is 289 g/mol. The first-order chi connectivity index (χ1) is 10.2. The summed E-state index contributed by atoms with van der Waals surface area (Å²) < 4.78 is 0. The first-order valence-corrected chi connectivity index (χ1v) is 8.08. The van der Waals surface area contributed by atoms with Gasteiger partial charge in [-0.1, -0.05) is 13.3 Å². The van der Waals surface area contributed by atoms with Crippen molar-refractivity contribution in [2.45, 2.75) is 39.5 Å². The lowest BCUT2D eigenvalue weighted by Crippen LogP contribution is -2.26. The molecule has 1 heterocycles. The fourth-order valence-electron chi connectivity index (χ4n) is 3.06. The Morgan fingerprint density at radius 3 is 2.81 bits per heavy atom. The second-order valence-corrected chi connectivity index (χ2v) is 5.83. The van der Waals surface area contributed by atoms with Gasteiger partial charge in [-0.2, -0.15) is 0 Å². The summed E-state index contributed by atoms with van der Waals surface area (Å²) in [5.41, 5.74) is 8.59. The van der Waals surface area contributed by atoms with Crippen LogP contribution in [0.2, 0.25) is 0 Å². The lowest BCUT2D eigenvalue weighted by atomic mass is 9.98. The van der Waals surface area contributed by atoms with E-state index in [1.807, 2.05) is 19.1 Å². The molecule has 1 amide bonds. The highest BCUT2D eigenvalue weighted by atomic mass is 16.1. The normalized spacial score (nSPS) is 19.1. The SMILES string of the molecule is CCNC(=O)c1ccc(N2CCCC(CC)CC2)c(N)c1. The largest absolute Gasteiger partial charge is 0.397 e. The van der Waals surface area contributed by atoms with Gasteiger partial charge in [-0.25, -0.2) is 0 Å². The summed E-state index contributed by atoms with van der Waals surface area (Å²) in [6.45, 7) is 6.93. The van der Waals surface area contributed by atoms with Crippen molar-refractivity contribution in [3.63, 3.8) is 0 Å². The van der Waals surface area contributed by atoms with Crippen LogP contribution in [0.3, 0.4) is 0 Å². The Balaban J connectivity index is 2.11. The number of nitrogens with one attached hydrogen (secondary N) is 1. The molecule has 1 saturated heterocycles. The monoisotopic (exact) mass is 289 g/mol. The summed E-state index contributed by atoms with van der Waals surface area (Å²) in [5.74, 6) is 0.781. The lowest BCUT2D eigenvalue weighted by molar-refractivity contribution is 0.0956. The molecular formula is C17H27N3O. The van der Waals surface area contributed by atoms with Crippen LogP contribution in [0, 0.1) is 5.92 Å². The van der Waals surface area contributed by atoms with Crippen LogP contribution in [0.5, 0.6) is 0 Å². The Hall–Kier alpha value is -1.71. The van der Waals surface area contributed by atoms with Gasteiger partial charge in [0, 0.05) is 25.2 Å². The van der Waals surface area contributed by atoms with E-state index in [1.54, 1.807) is 6.07 Å². The third-order valence-corrected chi connectivity index (χ3v) is 4.39. The average Bonchev–Trinajstić information content (AvgIpc) is 2.72. The van der Waals surface area contributed by atoms with Crippen LogP contribution in [-0.4, -0.2) is 25.5 Å². The van der Waals surface area contributed by atoms with Crippen LogP contribution in [0.25, 0.3) is 0 Å². The fourth-order valence-corrected chi connectivity index (χ4v) is 3.06. The molecule has 2 rings (SSSR count). The molecule has 1 fully saturated rings.